The smallest absolute Gasteiger partial charge is 0.142 e. The zero-order chi connectivity index (χ0) is 24.2. The van der Waals surface area contributed by atoms with Gasteiger partial charge in [0.15, 0.2) is 0 Å². The third kappa shape index (κ3) is 8.27. The quantitative estimate of drug-likeness (QED) is 0.262. The molecule has 0 spiro atoms. The number of hydrogen-bond donors (Lipinski definition) is 4. The van der Waals surface area contributed by atoms with Gasteiger partial charge in [0.05, 0.1) is 17.3 Å². The Morgan fingerprint density at radius 1 is 1.26 bits per heavy atom. The van der Waals surface area contributed by atoms with Gasteiger partial charge in [-0.2, -0.15) is 0 Å². The zero-order valence-electron chi connectivity index (χ0n) is 20.2. The molecule has 0 radical (unpaired) electrons. The molecule has 0 unspecified atom stereocenters. The van der Waals surface area contributed by atoms with Gasteiger partial charge in [0.1, 0.15) is 11.6 Å². The van der Waals surface area contributed by atoms with E-state index in [-0.39, 0.29) is 0 Å². The van der Waals surface area contributed by atoms with Crippen molar-refractivity contribution in [2.45, 2.75) is 50.6 Å². The van der Waals surface area contributed by atoms with Crippen LogP contribution in [0.15, 0.2) is 41.9 Å². The van der Waals surface area contributed by atoms with Crippen molar-refractivity contribution in [2.24, 2.45) is 16.6 Å². The lowest BCUT2D eigenvalue weighted by Gasteiger charge is -2.30. The van der Waals surface area contributed by atoms with Gasteiger partial charge in [-0.25, -0.2) is 9.98 Å². The van der Waals surface area contributed by atoms with Crippen molar-refractivity contribution in [3.63, 3.8) is 0 Å². The number of nitrogens with zero attached hydrogens (tertiary/aromatic N) is 2. The van der Waals surface area contributed by atoms with E-state index in [1.54, 1.807) is 19.4 Å². The Morgan fingerprint density at radius 3 is 2.68 bits per heavy atom. The molecule has 0 amide bonds. The molecular formula is C25H39ClN6O2. The Hall–Kier alpha value is -2.13. The second-order valence-electron chi connectivity index (χ2n) is 8.88. The number of ether oxygens (including phenoxy) is 2. The van der Waals surface area contributed by atoms with Crippen molar-refractivity contribution in [1.29, 1.82) is 0 Å². The lowest BCUT2D eigenvalue weighted by molar-refractivity contribution is 0.0670. The maximum atomic E-state index is 6.50. The van der Waals surface area contributed by atoms with E-state index in [0.717, 1.165) is 82.8 Å². The van der Waals surface area contributed by atoms with Crippen LogP contribution in [0.25, 0.3) is 0 Å². The second-order valence-corrected chi connectivity index (χ2v) is 9.29. The van der Waals surface area contributed by atoms with Crippen molar-refractivity contribution >= 4 is 23.1 Å². The van der Waals surface area contributed by atoms with Gasteiger partial charge in [-0.3, -0.25) is 0 Å². The van der Waals surface area contributed by atoms with E-state index in [1.165, 1.54) is 6.20 Å². The highest BCUT2D eigenvalue weighted by Gasteiger charge is 2.21. The van der Waals surface area contributed by atoms with E-state index in [0.29, 0.717) is 34.6 Å². The number of nitrogens with one attached hydrogen (secondary N) is 3. The number of halogens is 1. The summed E-state index contributed by atoms with van der Waals surface area (Å²) in [4.78, 5) is 9.19. The van der Waals surface area contributed by atoms with Gasteiger partial charge < -0.3 is 31.2 Å². The first kappa shape index (κ1) is 26.5. The number of anilines is 1. The number of nitrogens with two attached hydrogens (primary N) is 1. The lowest BCUT2D eigenvalue weighted by atomic mass is 9.91. The van der Waals surface area contributed by atoms with E-state index >= 15 is 0 Å². The van der Waals surface area contributed by atoms with Crippen molar-refractivity contribution in [3.8, 4) is 0 Å². The normalized spacial score (nSPS) is 22.4. The predicted octanol–water partition coefficient (Wildman–Crippen LogP) is 3.44. The fourth-order valence-electron chi connectivity index (χ4n) is 4.41. The van der Waals surface area contributed by atoms with E-state index < -0.39 is 0 Å². The first-order valence-corrected chi connectivity index (χ1v) is 12.6. The molecule has 34 heavy (non-hydrogen) atoms. The number of rotatable bonds is 12. The van der Waals surface area contributed by atoms with Crippen LogP contribution in [0.1, 0.15) is 44.1 Å². The average molecular weight is 491 g/mol. The van der Waals surface area contributed by atoms with Gasteiger partial charge >= 0.3 is 0 Å². The average Bonchev–Trinajstić information content (AvgIpc) is 2.87. The molecule has 1 aromatic rings. The van der Waals surface area contributed by atoms with Crippen LogP contribution in [0, 0.1) is 5.92 Å². The van der Waals surface area contributed by atoms with Crippen LogP contribution in [0.2, 0.25) is 5.02 Å². The Kier molecular flexibility index (Phi) is 11.1. The maximum Gasteiger partial charge on any atom is 0.142 e. The first-order chi connectivity index (χ1) is 16.6. The lowest BCUT2D eigenvalue weighted by Crippen LogP contribution is -2.38. The summed E-state index contributed by atoms with van der Waals surface area (Å²) in [5.74, 6) is 1.94. The highest BCUT2D eigenvalue weighted by Crippen LogP contribution is 2.25. The van der Waals surface area contributed by atoms with Crippen molar-refractivity contribution in [3.05, 3.63) is 47.5 Å². The molecule has 188 valence electrons. The van der Waals surface area contributed by atoms with Gasteiger partial charge in [-0.05, 0) is 56.6 Å². The monoisotopic (exact) mass is 490 g/mol. The number of pyridine rings is 1. The summed E-state index contributed by atoms with van der Waals surface area (Å²) in [7, 11) is 1.73. The number of methoxy groups -OCH3 is 1. The third-order valence-electron chi connectivity index (χ3n) is 6.45. The molecule has 1 saturated carbocycles. The van der Waals surface area contributed by atoms with E-state index in [2.05, 4.69) is 27.5 Å². The molecule has 0 atom stereocenters. The van der Waals surface area contributed by atoms with E-state index in [9.17, 15) is 0 Å². The van der Waals surface area contributed by atoms with Crippen LogP contribution in [0.4, 0.5) is 5.82 Å². The fraction of sp³-hybridized carbons (Fsp3) is 0.600. The molecule has 1 aliphatic heterocycles. The minimum atomic E-state index is 0.381. The Morgan fingerprint density at radius 2 is 2.00 bits per heavy atom. The minimum absolute atomic E-state index is 0.381. The van der Waals surface area contributed by atoms with Gasteiger partial charge in [-0.15, -0.1) is 0 Å². The fourth-order valence-corrected chi connectivity index (χ4v) is 4.61. The summed E-state index contributed by atoms with van der Waals surface area (Å²) >= 11 is 6.50. The Bertz CT molecular complexity index is 833. The second kappa shape index (κ2) is 14.3. The molecule has 1 aromatic heterocycles. The third-order valence-corrected chi connectivity index (χ3v) is 6.76. The summed E-state index contributed by atoms with van der Waals surface area (Å²) < 4.78 is 10.6. The first-order valence-electron chi connectivity index (χ1n) is 12.2. The van der Waals surface area contributed by atoms with E-state index in [1.807, 2.05) is 6.07 Å². The predicted molar refractivity (Wildman–Crippen MR) is 139 cm³/mol. The SMILES string of the molecule is C=C/C(=N\C(=C/N)NCC1CCOCC1)c1cc(N[C@H]2CC[C@H](NCCOC)CC2)ncc1Cl. The standard InChI is InChI=1S/C25H39ClN6O2/c1-3-23(32-25(15-27)29-16-18-8-11-34-12-9-18)21-14-24(30-17-22(21)26)31-20-6-4-19(5-7-20)28-10-13-33-2/h3,14-15,17-20,28-29H,1,4-13,16,27H2,2H3,(H,30,31)/b25-15-,32-23+/t19-,20-. The molecule has 1 aliphatic carbocycles. The topological polar surface area (TPSA) is 106 Å². The van der Waals surface area contributed by atoms with Gasteiger partial charge in [-0.1, -0.05) is 18.2 Å². The van der Waals surface area contributed by atoms with Crippen molar-refractivity contribution < 1.29 is 9.47 Å². The van der Waals surface area contributed by atoms with Crippen molar-refractivity contribution in [2.75, 3.05) is 45.3 Å². The molecule has 5 N–H and O–H groups in total. The minimum Gasteiger partial charge on any atom is -0.402 e. The van der Waals surface area contributed by atoms with Crippen LogP contribution in [0.5, 0.6) is 0 Å². The molecule has 2 heterocycles. The number of hydrogen-bond acceptors (Lipinski definition) is 8. The zero-order valence-corrected chi connectivity index (χ0v) is 20.9. The molecule has 8 nitrogen and oxygen atoms in total. The molecule has 1 saturated heterocycles. The van der Waals surface area contributed by atoms with Crippen LogP contribution in [0.3, 0.4) is 0 Å². The molecule has 0 aromatic carbocycles. The summed E-state index contributed by atoms with van der Waals surface area (Å²) in [6.07, 6.45) is 11.4. The highest BCUT2D eigenvalue weighted by atomic mass is 35.5. The molecule has 2 aliphatic rings. The van der Waals surface area contributed by atoms with E-state index in [4.69, 9.17) is 31.8 Å². The van der Waals surface area contributed by atoms with Gasteiger partial charge in [0.25, 0.3) is 0 Å². The number of aromatic nitrogens is 1. The molecule has 2 fully saturated rings. The summed E-state index contributed by atoms with van der Waals surface area (Å²) in [6.45, 7) is 8.01. The molecular weight excluding hydrogens is 452 g/mol. The number of aliphatic imine (C=N–C) groups is 1. The summed E-state index contributed by atoms with van der Waals surface area (Å²) in [6, 6.07) is 2.88. The summed E-state index contributed by atoms with van der Waals surface area (Å²) in [5.41, 5.74) is 7.28. The van der Waals surface area contributed by atoms with Crippen LogP contribution in [-0.4, -0.2) is 62.8 Å². The molecule has 0 bridgehead atoms. The Balaban J connectivity index is 1.60. The molecule has 3 rings (SSSR count). The largest absolute Gasteiger partial charge is 0.402 e. The van der Waals surface area contributed by atoms with Crippen LogP contribution in [-0.2, 0) is 9.47 Å². The van der Waals surface area contributed by atoms with Gasteiger partial charge in [0, 0.05) is 63.5 Å². The maximum absolute atomic E-state index is 6.50. The van der Waals surface area contributed by atoms with Crippen LogP contribution >= 0.6 is 11.6 Å². The number of allylic oxidation sites excluding steroid dienone is 1. The molecule has 9 heteroatoms. The summed E-state index contributed by atoms with van der Waals surface area (Å²) in [5, 5.41) is 11.0. The van der Waals surface area contributed by atoms with Crippen molar-refractivity contribution in [1.82, 2.24) is 15.6 Å². The van der Waals surface area contributed by atoms with Crippen LogP contribution < -0.4 is 21.7 Å². The van der Waals surface area contributed by atoms with Gasteiger partial charge in [0.2, 0.25) is 0 Å². The highest BCUT2D eigenvalue weighted by molar-refractivity contribution is 6.35. The Labute approximate surface area is 208 Å².